The maximum absolute atomic E-state index is 10.6. The van der Waals surface area contributed by atoms with Crippen LogP contribution in [0.25, 0.3) is 10.8 Å². The van der Waals surface area contributed by atoms with Gasteiger partial charge in [-0.2, -0.15) is 0 Å². The monoisotopic (exact) mass is 431 g/mol. The zero-order valence-electron chi connectivity index (χ0n) is 18.3. The molecule has 0 aliphatic heterocycles. The number of rotatable bonds is 12. The molecule has 7 nitrogen and oxygen atoms in total. The van der Waals surface area contributed by atoms with Crippen molar-refractivity contribution < 1.29 is 29.3 Å². The summed E-state index contributed by atoms with van der Waals surface area (Å²) in [5, 5.41) is 23.5. The van der Waals surface area contributed by atoms with Crippen LogP contribution >= 0.6 is 0 Å². The zero-order valence-corrected chi connectivity index (χ0v) is 18.3. The Balaban J connectivity index is 0.000000348. The summed E-state index contributed by atoms with van der Waals surface area (Å²) in [5.41, 5.74) is 0. The summed E-state index contributed by atoms with van der Waals surface area (Å²) < 4.78 is 10.1. The van der Waals surface area contributed by atoms with Gasteiger partial charge < -0.3 is 25.0 Å². The molecule has 0 heterocycles. The molecular formula is C24H33NO6. The predicted octanol–water partition coefficient (Wildman–Crippen LogP) is 3.90. The van der Waals surface area contributed by atoms with E-state index >= 15 is 0 Å². The summed E-state index contributed by atoms with van der Waals surface area (Å²) in [7, 11) is 0. The van der Waals surface area contributed by atoms with Crippen LogP contribution in [0, 0.1) is 0 Å². The van der Waals surface area contributed by atoms with Crippen molar-refractivity contribution in [2.45, 2.75) is 51.7 Å². The molecule has 0 saturated carbocycles. The van der Waals surface area contributed by atoms with E-state index in [9.17, 15) is 14.7 Å². The van der Waals surface area contributed by atoms with E-state index in [1.54, 1.807) is 0 Å². The molecule has 0 bridgehead atoms. The number of benzene rings is 2. The summed E-state index contributed by atoms with van der Waals surface area (Å²) in [5.74, 6) is -0.385. The van der Waals surface area contributed by atoms with Gasteiger partial charge in [0.15, 0.2) is 0 Å². The molecule has 0 aromatic heterocycles. The Morgan fingerprint density at radius 2 is 1.77 bits per heavy atom. The number of aliphatic hydroxyl groups excluding tert-OH is 1. The van der Waals surface area contributed by atoms with Crippen LogP contribution in [0.5, 0.6) is 5.75 Å². The Kier molecular flexibility index (Phi) is 12.6. The Morgan fingerprint density at radius 3 is 2.45 bits per heavy atom. The number of carboxylic acids is 1. The number of carbonyl (C=O) groups is 2. The Hall–Kier alpha value is -2.90. The maximum atomic E-state index is 10.6. The molecule has 2 aromatic rings. The van der Waals surface area contributed by atoms with Crippen molar-refractivity contribution in [3.8, 4) is 5.75 Å². The minimum Gasteiger partial charge on any atom is -0.490 e. The van der Waals surface area contributed by atoms with Crippen LogP contribution in [-0.2, 0) is 14.3 Å². The second kappa shape index (κ2) is 15.0. The lowest BCUT2D eigenvalue weighted by Gasteiger charge is -2.15. The number of hydrogen-bond donors (Lipinski definition) is 3. The summed E-state index contributed by atoms with van der Waals surface area (Å²) >= 11 is 0. The van der Waals surface area contributed by atoms with Gasteiger partial charge in [-0.3, -0.25) is 9.59 Å². The van der Waals surface area contributed by atoms with Crippen LogP contribution in [-0.4, -0.2) is 47.4 Å². The number of aliphatic carboxylic acids is 1. The average Bonchev–Trinajstić information content (AvgIpc) is 2.74. The minimum atomic E-state index is -0.841. The first kappa shape index (κ1) is 26.1. The van der Waals surface area contributed by atoms with Gasteiger partial charge in [-0.05, 0) is 24.3 Å². The third-order valence-electron chi connectivity index (χ3n) is 4.18. The first-order valence-electron chi connectivity index (χ1n) is 10.4. The number of nitrogens with one attached hydrogen (secondary N) is 1. The van der Waals surface area contributed by atoms with Gasteiger partial charge in [-0.15, -0.1) is 0 Å². The molecule has 0 amide bonds. The van der Waals surface area contributed by atoms with Crippen molar-refractivity contribution in [2.24, 2.45) is 0 Å². The highest BCUT2D eigenvalue weighted by atomic mass is 16.5. The van der Waals surface area contributed by atoms with Gasteiger partial charge in [0.25, 0.3) is 0 Å². The smallest absolute Gasteiger partial charge is 0.310 e. The zero-order chi connectivity index (χ0) is 23.1. The molecule has 3 N–H and O–H groups in total. The van der Waals surface area contributed by atoms with Crippen LogP contribution in [0.4, 0.5) is 0 Å². The van der Waals surface area contributed by atoms with Gasteiger partial charge in [0, 0.05) is 30.8 Å². The Bertz CT molecular complexity index is 815. The van der Waals surface area contributed by atoms with E-state index in [1.807, 2.05) is 30.3 Å². The standard InChI is InChI=1S/C16H21NO2.C8H12O4/c1-12(2)17-10-14(18)11-19-16-9-5-7-13-6-3-4-8-15(13)16;1-2-12-8(11)6-4-3-5-7(9)10/h3-9,12,14,17-18H,10-11H2,1-2H3;2H,1,3-6H2,(H,9,10). The van der Waals surface area contributed by atoms with E-state index < -0.39 is 12.1 Å². The fourth-order valence-corrected chi connectivity index (χ4v) is 2.64. The van der Waals surface area contributed by atoms with E-state index in [0.717, 1.165) is 22.8 Å². The van der Waals surface area contributed by atoms with Gasteiger partial charge in [0.05, 0.1) is 6.26 Å². The van der Waals surface area contributed by atoms with E-state index in [4.69, 9.17) is 9.84 Å². The van der Waals surface area contributed by atoms with Crippen LogP contribution in [0.15, 0.2) is 55.3 Å². The largest absolute Gasteiger partial charge is 0.490 e. The Morgan fingerprint density at radius 1 is 1.10 bits per heavy atom. The number of carboxylic acid groups (broad SMARTS) is 1. The number of esters is 1. The van der Waals surface area contributed by atoms with E-state index in [0.29, 0.717) is 32.0 Å². The van der Waals surface area contributed by atoms with Crippen LogP contribution in [0.3, 0.4) is 0 Å². The number of aliphatic hydroxyl groups is 1. The molecule has 1 atom stereocenters. The van der Waals surface area contributed by atoms with E-state index in [-0.39, 0.29) is 18.8 Å². The van der Waals surface area contributed by atoms with Crippen molar-refractivity contribution in [1.29, 1.82) is 0 Å². The number of unbranched alkanes of at least 4 members (excludes halogenated alkanes) is 1. The second-order valence-corrected chi connectivity index (χ2v) is 7.26. The molecule has 31 heavy (non-hydrogen) atoms. The molecule has 7 heteroatoms. The lowest BCUT2D eigenvalue weighted by molar-refractivity contribution is -0.139. The number of carbonyl (C=O) groups excluding carboxylic acids is 1. The highest BCUT2D eigenvalue weighted by Gasteiger charge is 2.07. The SMILES string of the molecule is C=COC(=O)CCCCC(=O)O.CC(C)NCC(O)COc1cccc2ccccc12. The molecule has 0 aliphatic carbocycles. The van der Waals surface area contributed by atoms with Crippen LogP contribution < -0.4 is 10.1 Å². The third kappa shape index (κ3) is 11.8. The van der Waals surface area contributed by atoms with Gasteiger partial charge in [-0.1, -0.05) is 56.8 Å². The van der Waals surface area contributed by atoms with Crippen molar-refractivity contribution >= 4 is 22.7 Å². The van der Waals surface area contributed by atoms with Gasteiger partial charge in [-0.25, -0.2) is 0 Å². The number of ether oxygens (including phenoxy) is 2. The van der Waals surface area contributed by atoms with Crippen molar-refractivity contribution in [3.05, 3.63) is 55.3 Å². The molecule has 0 saturated heterocycles. The van der Waals surface area contributed by atoms with Gasteiger partial charge in [0.1, 0.15) is 18.5 Å². The first-order chi connectivity index (χ1) is 14.8. The Labute approximate surface area is 183 Å². The molecule has 2 aromatic carbocycles. The van der Waals surface area contributed by atoms with Crippen molar-refractivity contribution in [3.63, 3.8) is 0 Å². The summed E-state index contributed by atoms with van der Waals surface area (Å²) in [4.78, 5) is 20.7. The predicted molar refractivity (Wildman–Crippen MR) is 121 cm³/mol. The second-order valence-electron chi connectivity index (χ2n) is 7.26. The number of fused-ring (bicyclic) bond motifs is 1. The molecule has 1 unspecified atom stereocenters. The lowest BCUT2D eigenvalue weighted by Crippen LogP contribution is -2.35. The molecular weight excluding hydrogens is 398 g/mol. The highest BCUT2D eigenvalue weighted by Crippen LogP contribution is 2.25. The fourth-order valence-electron chi connectivity index (χ4n) is 2.64. The van der Waals surface area contributed by atoms with Crippen LogP contribution in [0.1, 0.15) is 39.5 Å². The molecule has 170 valence electrons. The molecule has 0 radical (unpaired) electrons. The quantitative estimate of drug-likeness (QED) is 0.266. The van der Waals surface area contributed by atoms with Gasteiger partial charge >= 0.3 is 11.9 Å². The molecule has 2 rings (SSSR count). The normalized spacial score (nSPS) is 11.4. The minimum absolute atomic E-state index is 0.0986. The van der Waals surface area contributed by atoms with E-state index in [2.05, 4.69) is 42.6 Å². The topological polar surface area (TPSA) is 105 Å². The summed E-state index contributed by atoms with van der Waals surface area (Å²) in [6.45, 7) is 8.17. The molecule has 0 aliphatic rings. The molecule has 0 fully saturated rings. The van der Waals surface area contributed by atoms with Crippen LogP contribution in [0.2, 0.25) is 0 Å². The van der Waals surface area contributed by atoms with Crippen molar-refractivity contribution in [1.82, 2.24) is 5.32 Å². The number of hydrogen-bond acceptors (Lipinski definition) is 6. The molecule has 0 spiro atoms. The highest BCUT2D eigenvalue weighted by molar-refractivity contribution is 5.88. The maximum Gasteiger partial charge on any atom is 0.310 e. The van der Waals surface area contributed by atoms with Crippen molar-refractivity contribution in [2.75, 3.05) is 13.2 Å². The van der Waals surface area contributed by atoms with E-state index in [1.165, 1.54) is 0 Å². The first-order valence-corrected chi connectivity index (χ1v) is 10.4. The average molecular weight is 432 g/mol. The summed E-state index contributed by atoms with van der Waals surface area (Å²) in [6.07, 6.45) is 1.96. The van der Waals surface area contributed by atoms with Gasteiger partial charge in [0.2, 0.25) is 0 Å². The fraction of sp³-hybridized carbons (Fsp3) is 0.417. The summed E-state index contributed by atoms with van der Waals surface area (Å²) in [6, 6.07) is 14.4. The third-order valence-corrected chi connectivity index (χ3v) is 4.18. The lowest BCUT2D eigenvalue weighted by atomic mass is 10.1.